The number of fused-ring (bicyclic) bond motifs is 1. The first-order valence-electron chi connectivity index (χ1n) is 15.6. The fourth-order valence-electron chi connectivity index (χ4n) is 6.07. The molecule has 1 saturated heterocycles. The van der Waals surface area contributed by atoms with Gasteiger partial charge in [-0.05, 0) is 30.7 Å². The fourth-order valence-corrected chi connectivity index (χ4v) is 6.07. The summed E-state index contributed by atoms with van der Waals surface area (Å²) in [6.45, 7) is 3.89. The lowest BCUT2D eigenvalue weighted by atomic mass is 10.0. The molecule has 2 aromatic carbocycles. The van der Waals surface area contributed by atoms with E-state index in [0.717, 1.165) is 35.7 Å². The summed E-state index contributed by atoms with van der Waals surface area (Å²) < 4.78 is 7.93. The molecule has 5 heteroatoms. The van der Waals surface area contributed by atoms with E-state index >= 15 is 0 Å². The molecular weight excluding hydrogens is 482 g/mol. The number of carbonyl (C=O) groups excluding carboxylic acids is 1. The third-order valence-electron chi connectivity index (χ3n) is 8.29. The molecule has 212 valence electrons. The molecule has 0 bridgehead atoms. The maximum Gasteiger partial charge on any atom is 0.227 e. The number of para-hydroxylation sites is 4. The van der Waals surface area contributed by atoms with Gasteiger partial charge in [-0.15, -0.1) is 0 Å². The molecule has 1 fully saturated rings. The summed E-state index contributed by atoms with van der Waals surface area (Å²) in [4.78, 5) is 20.0. The van der Waals surface area contributed by atoms with Gasteiger partial charge in [0.25, 0.3) is 0 Å². The molecule has 0 unspecified atom stereocenters. The Morgan fingerprint density at radius 1 is 0.795 bits per heavy atom. The minimum Gasteiger partial charge on any atom is -0.495 e. The van der Waals surface area contributed by atoms with Gasteiger partial charge in [-0.2, -0.15) is 0 Å². The molecule has 1 aliphatic heterocycles. The Labute approximate surface area is 236 Å². The number of hydrogen-bond donors (Lipinski definition) is 0. The van der Waals surface area contributed by atoms with Crippen LogP contribution in [0.15, 0.2) is 48.5 Å². The molecule has 0 N–H and O–H groups in total. The fraction of sp³-hybridized carbons (Fsp3) is 0.588. The number of nitrogens with zero attached hydrogens (tertiary/aromatic N) is 3. The predicted octanol–water partition coefficient (Wildman–Crippen LogP) is 9.05. The van der Waals surface area contributed by atoms with Crippen molar-refractivity contribution in [3.8, 4) is 5.75 Å². The lowest BCUT2D eigenvalue weighted by Gasteiger charge is -2.19. The van der Waals surface area contributed by atoms with E-state index in [4.69, 9.17) is 9.72 Å². The Balaban J connectivity index is 1.24. The van der Waals surface area contributed by atoms with Gasteiger partial charge in [0.2, 0.25) is 5.91 Å². The van der Waals surface area contributed by atoms with Crippen LogP contribution in [-0.2, 0) is 11.3 Å². The van der Waals surface area contributed by atoms with Crippen molar-refractivity contribution in [2.24, 2.45) is 0 Å². The number of carbonyl (C=O) groups is 1. The van der Waals surface area contributed by atoms with Crippen LogP contribution >= 0.6 is 0 Å². The molecule has 4 rings (SSSR count). The van der Waals surface area contributed by atoms with Crippen molar-refractivity contribution in [2.75, 3.05) is 18.6 Å². The van der Waals surface area contributed by atoms with Gasteiger partial charge >= 0.3 is 0 Å². The predicted molar refractivity (Wildman–Crippen MR) is 163 cm³/mol. The molecular formula is C34H49N3O2. The summed E-state index contributed by atoms with van der Waals surface area (Å²) in [6.07, 6.45) is 19.6. The van der Waals surface area contributed by atoms with E-state index in [9.17, 15) is 4.79 Å². The number of methoxy groups -OCH3 is 1. The number of anilines is 1. The van der Waals surface area contributed by atoms with E-state index in [1.807, 2.05) is 29.2 Å². The Hall–Kier alpha value is -2.82. The zero-order valence-electron chi connectivity index (χ0n) is 24.4. The Bertz CT molecular complexity index is 1150. The summed E-state index contributed by atoms with van der Waals surface area (Å²) in [5.74, 6) is 2.01. The van der Waals surface area contributed by atoms with Crippen molar-refractivity contribution in [1.82, 2.24) is 9.55 Å². The topological polar surface area (TPSA) is 47.4 Å². The number of rotatable bonds is 18. The van der Waals surface area contributed by atoms with Crippen LogP contribution in [0.5, 0.6) is 5.75 Å². The van der Waals surface area contributed by atoms with Gasteiger partial charge in [-0.25, -0.2) is 4.98 Å². The van der Waals surface area contributed by atoms with E-state index in [2.05, 4.69) is 35.8 Å². The molecule has 2 heterocycles. The van der Waals surface area contributed by atoms with E-state index in [1.54, 1.807) is 7.11 Å². The van der Waals surface area contributed by atoms with E-state index in [1.165, 1.54) is 89.0 Å². The maximum absolute atomic E-state index is 13.1. The molecule has 1 atom stereocenters. The molecule has 0 saturated carbocycles. The largest absolute Gasteiger partial charge is 0.495 e. The Morgan fingerprint density at radius 2 is 1.38 bits per heavy atom. The minimum absolute atomic E-state index is 0.0847. The molecule has 5 nitrogen and oxygen atoms in total. The van der Waals surface area contributed by atoms with Crippen LogP contribution in [0.1, 0.15) is 115 Å². The Morgan fingerprint density at radius 3 is 2.05 bits per heavy atom. The number of aromatic nitrogens is 2. The van der Waals surface area contributed by atoms with Crippen molar-refractivity contribution >= 4 is 22.6 Å². The average Bonchev–Trinajstić information content (AvgIpc) is 3.53. The van der Waals surface area contributed by atoms with Crippen molar-refractivity contribution in [2.45, 2.75) is 116 Å². The zero-order chi connectivity index (χ0) is 27.3. The Kier molecular flexibility index (Phi) is 11.7. The quantitative estimate of drug-likeness (QED) is 0.154. The first kappa shape index (κ1) is 29.2. The van der Waals surface area contributed by atoms with Crippen molar-refractivity contribution in [3.63, 3.8) is 0 Å². The number of imidazole rings is 1. The second-order valence-electron chi connectivity index (χ2n) is 11.3. The highest BCUT2D eigenvalue weighted by Crippen LogP contribution is 2.37. The van der Waals surface area contributed by atoms with Crippen molar-refractivity contribution < 1.29 is 9.53 Å². The third kappa shape index (κ3) is 8.09. The van der Waals surface area contributed by atoms with Gasteiger partial charge in [0.1, 0.15) is 11.6 Å². The van der Waals surface area contributed by atoms with Crippen LogP contribution in [0.3, 0.4) is 0 Å². The number of hydrogen-bond acceptors (Lipinski definition) is 3. The molecule has 0 spiro atoms. The first-order valence-corrected chi connectivity index (χ1v) is 15.6. The molecule has 1 aromatic heterocycles. The molecule has 1 aliphatic rings. The highest BCUT2D eigenvalue weighted by molar-refractivity contribution is 5.97. The number of unbranched alkanes of at least 4 members (excludes halogenated alkanes) is 13. The van der Waals surface area contributed by atoms with Gasteiger partial charge in [0.15, 0.2) is 0 Å². The monoisotopic (exact) mass is 531 g/mol. The van der Waals surface area contributed by atoms with Crippen LogP contribution < -0.4 is 9.64 Å². The zero-order valence-corrected chi connectivity index (χ0v) is 24.4. The lowest BCUT2D eigenvalue weighted by Crippen LogP contribution is -2.25. The van der Waals surface area contributed by atoms with Gasteiger partial charge < -0.3 is 14.2 Å². The second kappa shape index (κ2) is 15.7. The van der Waals surface area contributed by atoms with Crippen LogP contribution in [0.4, 0.5) is 5.69 Å². The summed E-state index contributed by atoms with van der Waals surface area (Å²) in [5, 5.41) is 0. The smallest absolute Gasteiger partial charge is 0.227 e. The lowest BCUT2D eigenvalue weighted by molar-refractivity contribution is -0.117. The molecule has 39 heavy (non-hydrogen) atoms. The highest BCUT2D eigenvalue weighted by Gasteiger charge is 2.35. The van der Waals surface area contributed by atoms with E-state index < -0.39 is 0 Å². The van der Waals surface area contributed by atoms with E-state index in [-0.39, 0.29) is 11.8 Å². The number of benzene rings is 2. The molecule has 0 aliphatic carbocycles. The van der Waals surface area contributed by atoms with Gasteiger partial charge in [0, 0.05) is 25.4 Å². The molecule has 0 radical (unpaired) electrons. The second-order valence-corrected chi connectivity index (χ2v) is 11.3. The average molecular weight is 532 g/mol. The van der Waals surface area contributed by atoms with Gasteiger partial charge in [0.05, 0.1) is 23.8 Å². The number of amides is 1. The van der Waals surface area contributed by atoms with E-state index in [0.29, 0.717) is 13.0 Å². The van der Waals surface area contributed by atoms with Crippen LogP contribution in [-0.4, -0.2) is 29.1 Å². The normalized spacial score (nSPS) is 15.5. The van der Waals surface area contributed by atoms with Crippen molar-refractivity contribution in [3.05, 3.63) is 54.4 Å². The molecule has 3 aromatic rings. The van der Waals surface area contributed by atoms with Crippen molar-refractivity contribution in [1.29, 1.82) is 0 Å². The van der Waals surface area contributed by atoms with Gasteiger partial charge in [-0.3, -0.25) is 4.79 Å². The van der Waals surface area contributed by atoms with Gasteiger partial charge in [-0.1, -0.05) is 115 Å². The summed E-state index contributed by atoms with van der Waals surface area (Å²) in [5.41, 5.74) is 3.06. The summed E-state index contributed by atoms with van der Waals surface area (Å²) >= 11 is 0. The summed E-state index contributed by atoms with van der Waals surface area (Å²) in [6, 6.07) is 16.2. The third-order valence-corrected chi connectivity index (χ3v) is 8.29. The standard InChI is InChI=1S/C34H49N3O2/c1-3-4-5-6-7-8-9-10-11-12-13-14-15-20-25-36-30-22-17-16-21-29(30)35-34(36)28-26-33(38)37(27-28)31-23-18-19-24-32(31)39-2/h16-19,21-24,28H,3-15,20,25-27H2,1-2H3/t28-/m0/s1. The highest BCUT2D eigenvalue weighted by atomic mass is 16.5. The maximum atomic E-state index is 13.1. The molecule has 1 amide bonds. The number of aryl methyl sites for hydroxylation is 1. The van der Waals surface area contributed by atoms with Crippen LogP contribution in [0, 0.1) is 0 Å². The number of ether oxygens (including phenoxy) is 1. The SMILES string of the molecule is CCCCCCCCCCCCCCCCn1c([C@H]2CC(=O)N(c3ccccc3OC)C2)nc2ccccc21. The van der Waals surface area contributed by atoms with Crippen LogP contribution in [0.25, 0.3) is 11.0 Å². The minimum atomic E-state index is 0.0847. The first-order chi connectivity index (χ1) is 19.2. The summed E-state index contributed by atoms with van der Waals surface area (Å²) in [7, 11) is 1.66. The van der Waals surface area contributed by atoms with Crippen LogP contribution in [0.2, 0.25) is 0 Å².